The molecule has 0 amide bonds. The van der Waals surface area contributed by atoms with Gasteiger partial charge in [0.25, 0.3) is 0 Å². The molecule has 0 fully saturated rings. The van der Waals surface area contributed by atoms with Crippen LogP contribution in [0.3, 0.4) is 0 Å². The Morgan fingerprint density at radius 1 is 0.620 bits per heavy atom. The van der Waals surface area contributed by atoms with Crippen LogP contribution in [0.5, 0.6) is 11.5 Å². The maximum absolute atomic E-state index is 12.4. The SMILES string of the molecule is C=CC(=O)OCCCCCc1ccc(/C=C/c2nnc(-c3ccc(OC(=O)/C=C/c4ccc(OCCCCOC(=O)C=C)cc4)cc3)o2)cc1. The van der Waals surface area contributed by atoms with Crippen LogP contribution < -0.4 is 9.47 Å². The number of carbonyl (C=O) groups is 3. The molecule has 0 aliphatic carbocycles. The third-order valence-electron chi connectivity index (χ3n) is 7.19. The number of aryl methyl sites for hydroxylation is 1. The van der Waals surface area contributed by atoms with Gasteiger partial charge in [0, 0.05) is 29.9 Å². The molecule has 258 valence electrons. The summed E-state index contributed by atoms with van der Waals surface area (Å²) in [6.07, 6.45) is 14.2. The Kier molecular flexibility index (Phi) is 15.0. The summed E-state index contributed by atoms with van der Waals surface area (Å²) < 4.78 is 26.8. The molecule has 10 nitrogen and oxygen atoms in total. The first-order valence-corrected chi connectivity index (χ1v) is 16.3. The highest BCUT2D eigenvalue weighted by Crippen LogP contribution is 2.23. The molecule has 50 heavy (non-hydrogen) atoms. The Balaban J connectivity index is 1.16. The van der Waals surface area contributed by atoms with Crippen LogP contribution in [0.4, 0.5) is 0 Å². The highest BCUT2D eigenvalue weighted by molar-refractivity contribution is 5.88. The summed E-state index contributed by atoms with van der Waals surface area (Å²) in [4.78, 5) is 34.5. The molecule has 0 atom stereocenters. The summed E-state index contributed by atoms with van der Waals surface area (Å²) in [5.41, 5.74) is 3.75. The average Bonchev–Trinajstić information content (AvgIpc) is 3.63. The first kappa shape index (κ1) is 36.8. The number of carbonyl (C=O) groups excluding carboxylic acids is 3. The van der Waals surface area contributed by atoms with Crippen LogP contribution in [-0.4, -0.2) is 47.9 Å². The van der Waals surface area contributed by atoms with Gasteiger partial charge in [0.15, 0.2) is 0 Å². The lowest BCUT2D eigenvalue weighted by molar-refractivity contribution is -0.138. The fraction of sp³-hybridized carbons (Fsp3) is 0.225. The first-order chi connectivity index (χ1) is 24.4. The lowest BCUT2D eigenvalue weighted by atomic mass is 10.1. The van der Waals surface area contributed by atoms with Crippen molar-refractivity contribution in [1.29, 1.82) is 0 Å². The van der Waals surface area contributed by atoms with E-state index in [4.69, 9.17) is 23.4 Å². The number of hydrogen-bond acceptors (Lipinski definition) is 10. The van der Waals surface area contributed by atoms with Crippen molar-refractivity contribution in [3.8, 4) is 23.0 Å². The zero-order chi connectivity index (χ0) is 35.4. The standard InChI is InChI=1S/C40H40N2O8/c1-3-37(43)47-28-7-5-6-10-30-11-13-31(14-12-30)17-25-36-41-42-40(50-36)33-19-23-35(24-20-33)49-39(45)26-18-32-15-21-34(22-16-32)46-27-8-9-29-48-38(44)4-2/h3-4,11-26H,1-2,5-10,27-29H2/b25-17+,26-18+. The molecule has 0 unspecified atom stereocenters. The van der Waals surface area contributed by atoms with Crippen molar-refractivity contribution in [2.45, 2.75) is 38.5 Å². The highest BCUT2D eigenvalue weighted by Gasteiger charge is 2.08. The third kappa shape index (κ3) is 13.2. The molecule has 4 aromatic rings. The molecule has 0 spiro atoms. The van der Waals surface area contributed by atoms with E-state index < -0.39 is 11.9 Å². The second kappa shape index (κ2) is 20.4. The van der Waals surface area contributed by atoms with Gasteiger partial charge in [-0.15, -0.1) is 10.2 Å². The van der Waals surface area contributed by atoms with Crippen molar-refractivity contribution in [2.24, 2.45) is 0 Å². The number of esters is 3. The van der Waals surface area contributed by atoms with E-state index in [1.807, 2.05) is 42.5 Å². The topological polar surface area (TPSA) is 127 Å². The summed E-state index contributed by atoms with van der Waals surface area (Å²) in [6.45, 7) is 7.99. The second-order valence-corrected chi connectivity index (χ2v) is 11.0. The number of rotatable bonds is 20. The van der Waals surface area contributed by atoms with E-state index in [0.717, 1.165) is 49.3 Å². The smallest absolute Gasteiger partial charge is 0.336 e. The molecule has 1 heterocycles. The van der Waals surface area contributed by atoms with Gasteiger partial charge in [-0.1, -0.05) is 49.6 Å². The molecule has 4 rings (SSSR count). The molecule has 0 saturated carbocycles. The lowest BCUT2D eigenvalue weighted by Crippen LogP contribution is -2.04. The molecule has 10 heteroatoms. The predicted octanol–water partition coefficient (Wildman–Crippen LogP) is 7.86. The third-order valence-corrected chi connectivity index (χ3v) is 7.19. The minimum Gasteiger partial charge on any atom is -0.494 e. The van der Waals surface area contributed by atoms with Gasteiger partial charge in [0.05, 0.1) is 19.8 Å². The highest BCUT2D eigenvalue weighted by atomic mass is 16.5. The maximum Gasteiger partial charge on any atom is 0.336 e. The molecule has 0 bridgehead atoms. The van der Waals surface area contributed by atoms with E-state index >= 15 is 0 Å². The molecule has 0 aliphatic rings. The summed E-state index contributed by atoms with van der Waals surface area (Å²) in [5.74, 6) is 0.467. The van der Waals surface area contributed by atoms with Crippen LogP contribution in [0.1, 0.15) is 54.7 Å². The summed E-state index contributed by atoms with van der Waals surface area (Å²) in [7, 11) is 0. The Labute approximate surface area is 291 Å². The Morgan fingerprint density at radius 2 is 1.22 bits per heavy atom. The number of nitrogens with zero attached hydrogens (tertiary/aromatic N) is 2. The zero-order valence-corrected chi connectivity index (χ0v) is 27.8. The fourth-order valence-corrected chi connectivity index (χ4v) is 4.50. The number of benzene rings is 3. The summed E-state index contributed by atoms with van der Waals surface area (Å²) in [5, 5.41) is 8.24. The van der Waals surface area contributed by atoms with Crippen LogP contribution in [0.15, 0.2) is 109 Å². The summed E-state index contributed by atoms with van der Waals surface area (Å²) >= 11 is 0. The Bertz CT molecular complexity index is 1750. The summed E-state index contributed by atoms with van der Waals surface area (Å²) in [6, 6.07) is 22.4. The van der Waals surface area contributed by atoms with Gasteiger partial charge < -0.3 is 23.4 Å². The van der Waals surface area contributed by atoms with Crippen molar-refractivity contribution in [3.63, 3.8) is 0 Å². The molecular formula is C40H40N2O8. The molecular weight excluding hydrogens is 636 g/mol. The minimum atomic E-state index is -0.516. The maximum atomic E-state index is 12.4. The number of hydrogen-bond donors (Lipinski definition) is 0. The number of unbranched alkanes of at least 4 members (excludes halogenated alkanes) is 3. The van der Waals surface area contributed by atoms with Crippen molar-refractivity contribution in [3.05, 3.63) is 127 Å². The van der Waals surface area contributed by atoms with Crippen molar-refractivity contribution < 1.29 is 37.7 Å². The van der Waals surface area contributed by atoms with Crippen LogP contribution in [-0.2, 0) is 30.3 Å². The molecule has 0 radical (unpaired) electrons. The van der Waals surface area contributed by atoms with Crippen molar-refractivity contribution in [1.82, 2.24) is 10.2 Å². The second-order valence-electron chi connectivity index (χ2n) is 11.0. The average molecular weight is 677 g/mol. The molecule has 0 N–H and O–H groups in total. The first-order valence-electron chi connectivity index (χ1n) is 16.3. The van der Waals surface area contributed by atoms with Gasteiger partial charge >= 0.3 is 17.9 Å². The van der Waals surface area contributed by atoms with Crippen LogP contribution in [0.2, 0.25) is 0 Å². The number of aromatic nitrogens is 2. The molecule has 3 aromatic carbocycles. The van der Waals surface area contributed by atoms with Crippen LogP contribution in [0.25, 0.3) is 29.7 Å². The van der Waals surface area contributed by atoms with Crippen LogP contribution >= 0.6 is 0 Å². The molecule has 0 aliphatic heterocycles. The van der Waals surface area contributed by atoms with Gasteiger partial charge in [-0.05, 0) is 104 Å². The lowest BCUT2D eigenvalue weighted by Gasteiger charge is -2.06. The van der Waals surface area contributed by atoms with Crippen molar-refractivity contribution in [2.75, 3.05) is 19.8 Å². The van der Waals surface area contributed by atoms with E-state index in [9.17, 15) is 14.4 Å². The predicted molar refractivity (Wildman–Crippen MR) is 191 cm³/mol. The van der Waals surface area contributed by atoms with E-state index in [0.29, 0.717) is 55.1 Å². The van der Waals surface area contributed by atoms with Gasteiger partial charge in [0.1, 0.15) is 11.5 Å². The van der Waals surface area contributed by atoms with E-state index in [-0.39, 0.29) is 5.97 Å². The van der Waals surface area contributed by atoms with Gasteiger partial charge in [-0.3, -0.25) is 0 Å². The Hall–Kier alpha value is -6.03. The fourth-order valence-electron chi connectivity index (χ4n) is 4.50. The quantitative estimate of drug-likeness (QED) is 0.0395. The van der Waals surface area contributed by atoms with E-state index in [1.54, 1.807) is 36.4 Å². The van der Waals surface area contributed by atoms with Gasteiger partial charge in [-0.2, -0.15) is 0 Å². The van der Waals surface area contributed by atoms with E-state index in [1.165, 1.54) is 17.7 Å². The van der Waals surface area contributed by atoms with Gasteiger partial charge in [-0.25, -0.2) is 14.4 Å². The minimum absolute atomic E-state index is 0.330. The van der Waals surface area contributed by atoms with Gasteiger partial charge in [0.2, 0.25) is 11.8 Å². The zero-order valence-electron chi connectivity index (χ0n) is 27.8. The number of ether oxygens (including phenoxy) is 4. The largest absolute Gasteiger partial charge is 0.494 e. The Morgan fingerprint density at radius 3 is 1.90 bits per heavy atom. The molecule has 0 saturated heterocycles. The van der Waals surface area contributed by atoms with E-state index in [2.05, 4.69) is 35.5 Å². The van der Waals surface area contributed by atoms with Crippen LogP contribution in [0, 0.1) is 0 Å². The van der Waals surface area contributed by atoms with Crippen molar-refractivity contribution >= 4 is 36.1 Å². The molecule has 1 aromatic heterocycles. The normalized spacial score (nSPS) is 11.0. The monoisotopic (exact) mass is 676 g/mol.